The average Bonchev–Trinajstić information content (AvgIpc) is 2.90. The zero-order valence-electron chi connectivity index (χ0n) is 10.9. The summed E-state index contributed by atoms with van der Waals surface area (Å²) in [4.78, 5) is 0.872. The lowest BCUT2D eigenvalue weighted by Crippen LogP contribution is -1.86. The van der Waals surface area contributed by atoms with Crippen LogP contribution in [0.1, 0.15) is 0 Å². The average molecular weight is 301 g/mol. The Morgan fingerprint density at radius 3 is 2.38 bits per heavy atom. The second-order valence-electron chi connectivity index (χ2n) is 4.50. The zero-order valence-corrected chi connectivity index (χ0v) is 11.7. The molecular weight excluding hydrogens is 289 g/mol. The van der Waals surface area contributed by atoms with Crippen LogP contribution in [0.25, 0.3) is 10.4 Å². The predicted molar refractivity (Wildman–Crippen MR) is 82.8 cm³/mol. The largest absolute Gasteiger partial charge is 0.508 e. The molecule has 0 spiro atoms. The molecule has 0 aliphatic carbocycles. The summed E-state index contributed by atoms with van der Waals surface area (Å²) in [6.07, 6.45) is 0. The van der Waals surface area contributed by atoms with Crippen molar-refractivity contribution in [3.05, 3.63) is 60.4 Å². The fraction of sp³-hybridized carbons (Fsp3) is 0. The highest BCUT2D eigenvalue weighted by molar-refractivity contribution is 7.19. The lowest BCUT2D eigenvalue weighted by Gasteiger charge is -2.04. The van der Waals surface area contributed by atoms with Gasteiger partial charge >= 0.3 is 0 Å². The summed E-state index contributed by atoms with van der Waals surface area (Å²) in [6, 6.07) is 14.4. The molecule has 3 rings (SSSR count). The standard InChI is InChI=1S/C16H12FNO2S/c17-10-1-3-11(4-2-10)18-16-8-7-15(21-16)13-6-5-12(19)9-14(13)20/h1-9,18-20H. The van der Waals surface area contributed by atoms with Gasteiger partial charge in [-0.3, -0.25) is 0 Å². The van der Waals surface area contributed by atoms with Crippen LogP contribution in [0, 0.1) is 5.82 Å². The molecule has 0 radical (unpaired) electrons. The number of benzene rings is 2. The summed E-state index contributed by atoms with van der Waals surface area (Å²) in [5, 5.41) is 23.2. The summed E-state index contributed by atoms with van der Waals surface area (Å²) in [7, 11) is 0. The van der Waals surface area contributed by atoms with Gasteiger partial charge in [0.2, 0.25) is 0 Å². The number of anilines is 2. The first-order valence-electron chi connectivity index (χ1n) is 6.26. The maximum atomic E-state index is 12.9. The second kappa shape index (κ2) is 5.46. The summed E-state index contributed by atoms with van der Waals surface area (Å²) < 4.78 is 12.9. The third-order valence-corrected chi connectivity index (χ3v) is 4.00. The van der Waals surface area contributed by atoms with Gasteiger partial charge in [0.1, 0.15) is 17.3 Å². The van der Waals surface area contributed by atoms with Crippen molar-refractivity contribution in [2.75, 3.05) is 5.32 Å². The van der Waals surface area contributed by atoms with E-state index in [2.05, 4.69) is 5.32 Å². The Hall–Kier alpha value is -2.53. The van der Waals surface area contributed by atoms with Crippen LogP contribution >= 0.6 is 11.3 Å². The van der Waals surface area contributed by atoms with Crippen LogP contribution in [0.3, 0.4) is 0 Å². The Labute approximate surface area is 124 Å². The number of thiophene rings is 1. The van der Waals surface area contributed by atoms with E-state index in [1.165, 1.54) is 35.6 Å². The smallest absolute Gasteiger partial charge is 0.127 e. The Morgan fingerprint density at radius 1 is 0.905 bits per heavy atom. The van der Waals surface area contributed by atoms with E-state index < -0.39 is 0 Å². The molecule has 0 unspecified atom stereocenters. The molecule has 0 atom stereocenters. The van der Waals surface area contributed by atoms with Crippen molar-refractivity contribution in [3.63, 3.8) is 0 Å². The van der Waals surface area contributed by atoms with E-state index in [0.717, 1.165) is 15.6 Å². The molecule has 0 aliphatic heterocycles. The second-order valence-corrected chi connectivity index (χ2v) is 5.58. The number of rotatable bonds is 3. The first-order valence-corrected chi connectivity index (χ1v) is 7.08. The van der Waals surface area contributed by atoms with Crippen molar-refractivity contribution in [2.24, 2.45) is 0 Å². The fourth-order valence-electron chi connectivity index (χ4n) is 1.95. The summed E-state index contributed by atoms with van der Waals surface area (Å²) >= 11 is 1.46. The molecule has 1 heterocycles. The van der Waals surface area contributed by atoms with Gasteiger partial charge in [0.05, 0.1) is 5.00 Å². The summed E-state index contributed by atoms with van der Waals surface area (Å²) in [5.41, 5.74) is 1.45. The normalized spacial score (nSPS) is 10.5. The highest BCUT2D eigenvalue weighted by atomic mass is 32.1. The van der Waals surface area contributed by atoms with Crippen LogP contribution in [-0.4, -0.2) is 10.2 Å². The molecule has 0 aliphatic rings. The van der Waals surface area contributed by atoms with E-state index in [9.17, 15) is 14.6 Å². The number of aromatic hydroxyl groups is 2. The highest BCUT2D eigenvalue weighted by Gasteiger charge is 2.08. The number of phenolic OH excluding ortho intramolecular Hbond substituents is 2. The van der Waals surface area contributed by atoms with E-state index >= 15 is 0 Å². The number of hydrogen-bond acceptors (Lipinski definition) is 4. The lowest BCUT2D eigenvalue weighted by molar-refractivity contribution is 0.452. The molecular formula is C16H12FNO2S. The van der Waals surface area contributed by atoms with Crippen LogP contribution in [0.5, 0.6) is 11.5 Å². The molecule has 5 heteroatoms. The monoisotopic (exact) mass is 301 g/mol. The Bertz CT molecular complexity index is 768. The maximum absolute atomic E-state index is 12.9. The minimum absolute atomic E-state index is 0.0254. The van der Waals surface area contributed by atoms with Crippen molar-refractivity contribution in [1.82, 2.24) is 0 Å². The minimum Gasteiger partial charge on any atom is -0.508 e. The number of halogens is 1. The fourth-order valence-corrected chi connectivity index (χ4v) is 2.91. The molecule has 0 fully saturated rings. The molecule has 21 heavy (non-hydrogen) atoms. The zero-order chi connectivity index (χ0) is 14.8. The Balaban J connectivity index is 1.84. The lowest BCUT2D eigenvalue weighted by atomic mass is 10.1. The topological polar surface area (TPSA) is 52.5 Å². The molecule has 3 N–H and O–H groups in total. The molecule has 3 nitrogen and oxygen atoms in total. The van der Waals surface area contributed by atoms with Gasteiger partial charge in [0, 0.05) is 22.2 Å². The van der Waals surface area contributed by atoms with Crippen molar-refractivity contribution in [2.45, 2.75) is 0 Å². The maximum Gasteiger partial charge on any atom is 0.127 e. The van der Waals surface area contributed by atoms with E-state index in [4.69, 9.17) is 0 Å². The van der Waals surface area contributed by atoms with Crippen LogP contribution in [0.2, 0.25) is 0 Å². The molecule has 0 saturated heterocycles. The number of phenols is 2. The molecule has 0 amide bonds. The van der Waals surface area contributed by atoms with Crippen molar-refractivity contribution in [1.29, 1.82) is 0 Å². The van der Waals surface area contributed by atoms with E-state index in [-0.39, 0.29) is 17.3 Å². The summed E-state index contributed by atoms with van der Waals surface area (Å²) in [5.74, 6) is -0.218. The molecule has 0 saturated carbocycles. The first-order chi connectivity index (χ1) is 10.1. The van der Waals surface area contributed by atoms with Crippen LogP contribution < -0.4 is 5.32 Å². The molecule has 1 aromatic heterocycles. The van der Waals surface area contributed by atoms with Crippen molar-refractivity contribution >= 4 is 22.0 Å². The van der Waals surface area contributed by atoms with Gasteiger partial charge in [-0.1, -0.05) is 0 Å². The van der Waals surface area contributed by atoms with E-state index in [1.54, 1.807) is 18.2 Å². The SMILES string of the molecule is Oc1ccc(-c2ccc(Nc3ccc(F)cc3)s2)c(O)c1. The van der Waals surface area contributed by atoms with Gasteiger partial charge in [0.25, 0.3) is 0 Å². The van der Waals surface area contributed by atoms with Gasteiger partial charge in [-0.2, -0.15) is 0 Å². The molecule has 2 aromatic carbocycles. The van der Waals surface area contributed by atoms with Crippen molar-refractivity contribution < 1.29 is 14.6 Å². The molecule has 106 valence electrons. The van der Waals surface area contributed by atoms with Gasteiger partial charge in [-0.05, 0) is 48.5 Å². The van der Waals surface area contributed by atoms with Gasteiger partial charge in [-0.25, -0.2) is 4.39 Å². The number of hydrogen-bond donors (Lipinski definition) is 3. The minimum atomic E-state index is -0.276. The third-order valence-electron chi connectivity index (χ3n) is 2.96. The van der Waals surface area contributed by atoms with Crippen LogP contribution in [0.4, 0.5) is 15.1 Å². The Kier molecular flexibility index (Phi) is 3.50. The van der Waals surface area contributed by atoms with E-state index in [1.807, 2.05) is 12.1 Å². The summed E-state index contributed by atoms with van der Waals surface area (Å²) in [6.45, 7) is 0. The highest BCUT2D eigenvalue weighted by Crippen LogP contribution is 2.38. The van der Waals surface area contributed by atoms with E-state index in [0.29, 0.717) is 5.56 Å². The van der Waals surface area contributed by atoms with Gasteiger partial charge in [0.15, 0.2) is 0 Å². The quantitative estimate of drug-likeness (QED) is 0.656. The molecule has 0 bridgehead atoms. The molecule has 3 aromatic rings. The first kappa shape index (κ1) is 13.5. The van der Waals surface area contributed by atoms with Gasteiger partial charge in [-0.15, -0.1) is 11.3 Å². The van der Waals surface area contributed by atoms with Crippen LogP contribution in [0.15, 0.2) is 54.6 Å². The number of nitrogens with one attached hydrogen (secondary N) is 1. The van der Waals surface area contributed by atoms with Crippen molar-refractivity contribution in [3.8, 4) is 21.9 Å². The third kappa shape index (κ3) is 2.98. The Morgan fingerprint density at radius 2 is 1.67 bits per heavy atom. The van der Waals surface area contributed by atoms with Crippen LogP contribution in [-0.2, 0) is 0 Å². The van der Waals surface area contributed by atoms with Gasteiger partial charge < -0.3 is 15.5 Å². The predicted octanol–water partition coefficient (Wildman–Crippen LogP) is 4.71.